The number of nitrogens with two attached hydrogens (primary N) is 2. The van der Waals surface area contributed by atoms with Gasteiger partial charge in [-0.15, -0.1) is 0 Å². The quantitative estimate of drug-likeness (QED) is 0.769. The Morgan fingerprint density at radius 1 is 1.16 bits per heavy atom. The molecule has 0 fully saturated rings. The van der Waals surface area contributed by atoms with E-state index < -0.39 is 0 Å². The Hall–Kier alpha value is -1.44. The summed E-state index contributed by atoms with van der Waals surface area (Å²) in [5.41, 5.74) is 18.9. The second kappa shape index (κ2) is 6.14. The van der Waals surface area contributed by atoms with E-state index in [1.54, 1.807) is 0 Å². The van der Waals surface area contributed by atoms with Crippen LogP contribution >= 0.6 is 0 Å². The van der Waals surface area contributed by atoms with Gasteiger partial charge in [0.15, 0.2) is 0 Å². The summed E-state index contributed by atoms with van der Waals surface area (Å²) >= 11 is 0. The van der Waals surface area contributed by atoms with Crippen molar-refractivity contribution in [2.75, 3.05) is 11.5 Å². The van der Waals surface area contributed by atoms with Gasteiger partial charge in [-0.3, -0.25) is 0 Å². The molecule has 0 aliphatic carbocycles. The number of benzene rings is 1. The number of hydrogen-bond acceptors (Lipinski definition) is 2. The van der Waals surface area contributed by atoms with Crippen LogP contribution in [-0.2, 0) is 0 Å². The topological polar surface area (TPSA) is 52.0 Å². The minimum Gasteiger partial charge on any atom is -0.398 e. The third-order valence-electron chi connectivity index (χ3n) is 3.45. The van der Waals surface area contributed by atoms with Crippen LogP contribution in [0.4, 0.5) is 11.4 Å². The molecule has 1 unspecified atom stereocenters. The van der Waals surface area contributed by atoms with Gasteiger partial charge in [-0.1, -0.05) is 32.4 Å². The first-order chi connectivity index (χ1) is 8.73. The third-order valence-corrected chi connectivity index (χ3v) is 3.45. The van der Waals surface area contributed by atoms with Gasteiger partial charge in [-0.25, -0.2) is 0 Å². The van der Waals surface area contributed by atoms with Crippen LogP contribution in [0.3, 0.4) is 0 Å². The van der Waals surface area contributed by atoms with Gasteiger partial charge < -0.3 is 11.5 Å². The average Bonchev–Trinajstić information content (AvgIpc) is 2.24. The summed E-state index contributed by atoms with van der Waals surface area (Å²) in [5.74, 6) is 1.03. The zero-order valence-electron chi connectivity index (χ0n) is 13.2. The molecule has 2 nitrogen and oxygen atoms in total. The van der Waals surface area contributed by atoms with Crippen molar-refractivity contribution in [3.05, 3.63) is 28.3 Å². The molecule has 19 heavy (non-hydrogen) atoms. The molecule has 0 saturated heterocycles. The molecule has 1 rings (SSSR count). The van der Waals surface area contributed by atoms with Gasteiger partial charge >= 0.3 is 0 Å². The van der Waals surface area contributed by atoms with Gasteiger partial charge in [0, 0.05) is 16.9 Å². The van der Waals surface area contributed by atoms with Crippen molar-refractivity contribution in [2.24, 2.45) is 5.92 Å². The molecule has 4 N–H and O–H groups in total. The second-order valence-electron chi connectivity index (χ2n) is 6.28. The molecular formula is C17H28N2. The molecular weight excluding hydrogens is 232 g/mol. The highest BCUT2D eigenvalue weighted by Gasteiger charge is 2.17. The standard InChI is InChI=1S/C17H28N2/c1-10(2)7-12(5)15-16(18)13(6)9-14(17(15)19)8-11(3)4/h8-10,12H,7,18-19H2,1-6H3. The monoisotopic (exact) mass is 260 g/mol. The van der Waals surface area contributed by atoms with Crippen LogP contribution in [0.1, 0.15) is 63.6 Å². The van der Waals surface area contributed by atoms with Crippen molar-refractivity contribution >= 4 is 17.5 Å². The maximum absolute atomic E-state index is 6.35. The minimum absolute atomic E-state index is 0.393. The van der Waals surface area contributed by atoms with Crippen LogP contribution in [-0.4, -0.2) is 0 Å². The molecule has 0 amide bonds. The van der Waals surface area contributed by atoms with Crippen LogP contribution in [0.15, 0.2) is 11.6 Å². The van der Waals surface area contributed by atoms with E-state index in [-0.39, 0.29) is 0 Å². The first kappa shape index (κ1) is 15.6. The van der Waals surface area contributed by atoms with Crippen molar-refractivity contribution in [1.82, 2.24) is 0 Å². The lowest BCUT2D eigenvalue weighted by Crippen LogP contribution is -2.09. The molecule has 0 aromatic heterocycles. The van der Waals surface area contributed by atoms with Crippen LogP contribution in [0.25, 0.3) is 6.08 Å². The van der Waals surface area contributed by atoms with Crippen molar-refractivity contribution < 1.29 is 0 Å². The molecule has 106 valence electrons. The molecule has 1 aromatic carbocycles. The fraction of sp³-hybridized carbons (Fsp3) is 0.529. The fourth-order valence-corrected chi connectivity index (χ4v) is 2.69. The van der Waals surface area contributed by atoms with E-state index in [4.69, 9.17) is 11.5 Å². The molecule has 0 bridgehead atoms. The predicted octanol–water partition coefficient (Wildman–Crippen LogP) is 4.73. The highest BCUT2D eigenvalue weighted by atomic mass is 14.6. The Labute approximate surface area is 117 Å². The van der Waals surface area contributed by atoms with E-state index in [0.717, 1.165) is 34.5 Å². The molecule has 0 saturated carbocycles. The maximum atomic E-state index is 6.35. The van der Waals surface area contributed by atoms with Gasteiger partial charge in [-0.05, 0) is 56.2 Å². The zero-order chi connectivity index (χ0) is 14.7. The van der Waals surface area contributed by atoms with Gasteiger partial charge in [0.05, 0.1) is 0 Å². The SMILES string of the molecule is CC(C)=Cc1cc(C)c(N)c(C(C)CC(C)C)c1N. The number of anilines is 2. The Kier molecular flexibility index (Phi) is 5.04. The molecule has 0 aliphatic heterocycles. The van der Waals surface area contributed by atoms with E-state index in [0.29, 0.717) is 11.8 Å². The Bertz CT molecular complexity index is 481. The maximum Gasteiger partial charge on any atom is 0.0443 e. The smallest absolute Gasteiger partial charge is 0.0443 e. The summed E-state index contributed by atoms with van der Waals surface area (Å²) in [5, 5.41) is 0. The predicted molar refractivity (Wildman–Crippen MR) is 87.2 cm³/mol. The fourth-order valence-electron chi connectivity index (χ4n) is 2.69. The lowest BCUT2D eigenvalue weighted by Gasteiger charge is -2.22. The van der Waals surface area contributed by atoms with Crippen LogP contribution < -0.4 is 11.5 Å². The zero-order valence-corrected chi connectivity index (χ0v) is 13.2. The Morgan fingerprint density at radius 2 is 1.74 bits per heavy atom. The molecule has 1 aromatic rings. The Morgan fingerprint density at radius 3 is 2.21 bits per heavy atom. The summed E-state index contributed by atoms with van der Waals surface area (Å²) in [6, 6.07) is 2.09. The molecule has 0 heterocycles. The summed E-state index contributed by atoms with van der Waals surface area (Å²) in [7, 11) is 0. The number of aryl methyl sites for hydroxylation is 1. The summed E-state index contributed by atoms with van der Waals surface area (Å²) < 4.78 is 0. The Balaban J connectivity index is 3.37. The van der Waals surface area contributed by atoms with Crippen LogP contribution in [0.2, 0.25) is 0 Å². The van der Waals surface area contributed by atoms with E-state index in [1.807, 2.05) is 0 Å². The number of rotatable bonds is 4. The van der Waals surface area contributed by atoms with Crippen LogP contribution in [0, 0.1) is 12.8 Å². The van der Waals surface area contributed by atoms with E-state index in [9.17, 15) is 0 Å². The molecule has 0 aliphatic rings. The van der Waals surface area contributed by atoms with Crippen molar-refractivity contribution in [2.45, 2.75) is 53.9 Å². The van der Waals surface area contributed by atoms with Crippen molar-refractivity contribution in [1.29, 1.82) is 0 Å². The minimum atomic E-state index is 0.393. The average molecular weight is 260 g/mol. The van der Waals surface area contributed by atoms with Gasteiger partial charge in [0.25, 0.3) is 0 Å². The molecule has 1 atom stereocenters. The van der Waals surface area contributed by atoms with E-state index >= 15 is 0 Å². The van der Waals surface area contributed by atoms with Gasteiger partial charge in [0.2, 0.25) is 0 Å². The normalized spacial score (nSPS) is 12.6. The highest BCUT2D eigenvalue weighted by molar-refractivity contribution is 5.77. The third kappa shape index (κ3) is 3.76. The molecule has 2 heteroatoms. The van der Waals surface area contributed by atoms with Crippen molar-refractivity contribution in [3.63, 3.8) is 0 Å². The van der Waals surface area contributed by atoms with Gasteiger partial charge in [-0.2, -0.15) is 0 Å². The van der Waals surface area contributed by atoms with E-state index in [2.05, 4.69) is 53.7 Å². The summed E-state index contributed by atoms with van der Waals surface area (Å²) in [6.07, 6.45) is 3.24. The van der Waals surface area contributed by atoms with E-state index in [1.165, 1.54) is 5.57 Å². The van der Waals surface area contributed by atoms with Gasteiger partial charge in [0.1, 0.15) is 0 Å². The number of nitrogen functional groups attached to an aromatic ring is 2. The second-order valence-corrected chi connectivity index (χ2v) is 6.28. The number of allylic oxidation sites excluding steroid dienone is 1. The number of hydrogen-bond donors (Lipinski definition) is 2. The highest BCUT2D eigenvalue weighted by Crippen LogP contribution is 2.37. The van der Waals surface area contributed by atoms with Crippen LogP contribution in [0.5, 0.6) is 0 Å². The lowest BCUT2D eigenvalue weighted by atomic mass is 9.86. The molecule has 0 spiro atoms. The molecule has 0 radical (unpaired) electrons. The summed E-state index contributed by atoms with van der Waals surface area (Å²) in [6.45, 7) is 12.9. The first-order valence-corrected chi connectivity index (χ1v) is 7.07. The largest absolute Gasteiger partial charge is 0.398 e. The summed E-state index contributed by atoms with van der Waals surface area (Å²) in [4.78, 5) is 0. The first-order valence-electron chi connectivity index (χ1n) is 7.07. The van der Waals surface area contributed by atoms with Crippen molar-refractivity contribution in [3.8, 4) is 0 Å². The lowest BCUT2D eigenvalue weighted by molar-refractivity contribution is 0.525.